The van der Waals surface area contributed by atoms with Gasteiger partial charge in [-0.3, -0.25) is 4.99 Å². The molecule has 1 fully saturated rings. The van der Waals surface area contributed by atoms with Gasteiger partial charge in [-0.25, -0.2) is 4.79 Å². The number of anilines is 1. The van der Waals surface area contributed by atoms with Crippen molar-refractivity contribution in [2.75, 3.05) is 38.0 Å². The summed E-state index contributed by atoms with van der Waals surface area (Å²) in [4.78, 5) is 21.0. The van der Waals surface area contributed by atoms with Crippen LogP contribution in [0.15, 0.2) is 29.3 Å². The molecular formula is C15H19ClN4OS. The molecule has 2 heterocycles. The Hall–Kier alpha value is -1.40. The van der Waals surface area contributed by atoms with E-state index in [4.69, 9.17) is 11.6 Å². The quantitative estimate of drug-likeness (QED) is 0.856. The summed E-state index contributed by atoms with van der Waals surface area (Å²) in [6.45, 7) is 6.14. The number of carbonyl (C=O) groups is 1. The maximum atomic E-state index is 12.3. The molecule has 1 atom stereocenters. The van der Waals surface area contributed by atoms with E-state index in [1.807, 2.05) is 34.9 Å². The Morgan fingerprint density at radius 1 is 1.32 bits per heavy atom. The second kappa shape index (κ2) is 6.79. The third-order valence-electron chi connectivity index (χ3n) is 3.74. The third kappa shape index (κ3) is 3.50. The minimum atomic E-state index is -0.0952. The number of rotatable bonds is 1. The number of aliphatic imine (C=N–C) groups is 1. The monoisotopic (exact) mass is 338 g/mol. The van der Waals surface area contributed by atoms with Crippen molar-refractivity contribution in [1.29, 1.82) is 0 Å². The van der Waals surface area contributed by atoms with E-state index >= 15 is 0 Å². The van der Waals surface area contributed by atoms with E-state index in [9.17, 15) is 4.79 Å². The van der Waals surface area contributed by atoms with Gasteiger partial charge in [0.2, 0.25) is 0 Å². The molecule has 1 saturated heterocycles. The lowest BCUT2D eigenvalue weighted by atomic mass is 10.3. The molecule has 0 unspecified atom stereocenters. The fourth-order valence-corrected chi connectivity index (χ4v) is 3.67. The minimum absolute atomic E-state index is 0.0952. The molecule has 2 aliphatic rings. The Labute approximate surface area is 139 Å². The van der Waals surface area contributed by atoms with Gasteiger partial charge in [0.1, 0.15) is 0 Å². The molecule has 7 heteroatoms. The van der Waals surface area contributed by atoms with Crippen LogP contribution in [-0.4, -0.2) is 59.0 Å². The number of carbonyl (C=O) groups excluding carboxylic acids is 1. The van der Waals surface area contributed by atoms with Crippen LogP contribution in [0.25, 0.3) is 0 Å². The van der Waals surface area contributed by atoms with Crippen LogP contribution in [0.4, 0.5) is 10.5 Å². The van der Waals surface area contributed by atoms with Crippen molar-refractivity contribution in [3.05, 3.63) is 29.3 Å². The van der Waals surface area contributed by atoms with Crippen molar-refractivity contribution in [2.45, 2.75) is 12.2 Å². The summed E-state index contributed by atoms with van der Waals surface area (Å²) in [5.41, 5.74) is 0.654. The van der Waals surface area contributed by atoms with Crippen molar-refractivity contribution in [2.24, 2.45) is 4.99 Å². The predicted molar refractivity (Wildman–Crippen MR) is 93.0 cm³/mol. The van der Waals surface area contributed by atoms with Gasteiger partial charge in [-0.05, 0) is 12.1 Å². The van der Waals surface area contributed by atoms with Crippen molar-refractivity contribution in [3.63, 3.8) is 0 Å². The van der Waals surface area contributed by atoms with Crippen LogP contribution in [0, 0.1) is 0 Å². The Bertz CT molecular complexity index is 587. The van der Waals surface area contributed by atoms with Gasteiger partial charge in [-0.2, -0.15) is 0 Å². The summed E-state index contributed by atoms with van der Waals surface area (Å²) in [6.07, 6.45) is 0. The average molecular weight is 339 g/mol. The number of amidine groups is 1. The highest BCUT2D eigenvalue weighted by Gasteiger charge is 2.26. The Morgan fingerprint density at radius 3 is 2.68 bits per heavy atom. The first-order valence-electron chi connectivity index (χ1n) is 7.40. The summed E-state index contributed by atoms with van der Waals surface area (Å²) >= 11 is 7.90. The van der Waals surface area contributed by atoms with E-state index in [0.717, 1.165) is 24.8 Å². The van der Waals surface area contributed by atoms with Crippen LogP contribution in [0.2, 0.25) is 5.02 Å². The molecule has 1 aromatic rings. The van der Waals surface area contributed by atoms with Crippen LogP contribution >= 0.6 is 23.4 Å². The molecule has 0 saturated carbocycles. The van der Waals surface area contributed by atoms with Crippen LogP contribution in [0.5, 0.6) is 0 Å². The van der Waals surface area contributed by atoms with E-state index in [1.54, 1.807) is 6.07 Å². The molecule has 2 amide bonds. The van der Waals surface area contributed by atoms with Crippen molar-refractivity contribution < 1.29 is 4.79 Å². The van der Waals surface area contributed by atoms with E-state index in [-0.39, 0.29) is 6.03 Å². The van der Waals surface area contributed by atoms with Gasteiger partial charge in [-0.1, -0.05) is 42.4 Å². The second-order valence-corrected chi connectivity index (χ2v) is 7.25. The number of benzene rings is 1. The number of urea groups is 1. The van der Waals surface area contributed by atoms with E-state index in [1.165, 1.54) is 0 Å². The molecule has 1 aromatic carbocycles. The largest absolute Gasteiger partial charge is 0.348 e. The van der Waals surface area contributed by atoms with Crippen LogP contribution in [-0.2, 0) is 0 Å². The lowest BCUT2D eigenvalue weighted by Gasteiger charge is -2.35. The highest BCUT2D eigenvalue weighted by Crippen LogP contribution is 2.24. The van der Waals surface area contributed by atoms with Gasteiger partial charge in [0.05, 0.1) is 17.3 Å². The highest BCUT2D eigenvalue weighted by molar-refractivity contribution is 8.14. The molecule has 22 heavy (non-hydrogen) atoms. The topological polar surface area (TPSA) is 47.9 Å². The molecule has 0 bridgehead atoms. The molecule has 2 aliphatic heterocycles. The van der Waals surface area contributed by atoms with Gasteiger partial charge in [0.15, 0.2) is 5.17 Å². The maximum Gasteiger partial charge on any atom is 0.322 e. The van der Waals surface area contributed by atoms with Gasteiger partial charge in [0.25, 0.3) is 0 Å². The normalized spacial score (nSPS) is 21.7. The number of piperazine rings is 1. The lowest BCUT2D eigenvalue weighted by Crippen LogP contribution is -2.51. The Balaban J connectivity index is 1.53. The molecular weight excluding hydrogens is 320 g/mol. The van der Waals surface area contributed by atoms with Gasteiger partial charge >= 0.3 is 6.03 Å². The summed E-state index contributed by atoms with van der Waals surface area (Å²) in [5, 5.41) is 5.12. The van der Waals surface area contributed by atoms with Crippen LogP contribution < -0.4 is 5.32 Å². The van der Waals surface area contributed by atoms with Gasteiger partial charge < -0.3 is 15.1 Å². The third-order valence-corrected chi connectivity index (χ3v) is 5.22. The minimum Gasteiger partial charge on any atom is -0.348 e. The second-order valence-electron chi connectivity index (χ2n) is 5.44. The SMILES string of the molecule is C[C@@H]1CN=C(N2CCN(C(=O)Nc3ccccc3Cl)CC2)S1. The van der Waals surface area contributed by atoms with Gasteiger partial charge in [0, 0.05) is 31.4 Å². The number of para-hydroxylation sites is 1. The molecule has 0 aromatic heterocycles. The van der Waals surface area contributed by atoms with Crippen LogP contribution in [0.1, 0.15) is 6.92 Å². The fourth-order valence-electron chi connectivity index (χ4n) is 2.49. The molecule has 0 radical (unpaired) electrons. The maximum absolute atomic E-state index is 12.3. The summed E-state index contributed by atoms with van der Waals surface area (Å²) in [6, 6.07) is 7.18. The number of amides is 2. The number of hydrogen-bond acceptors (Lipinski definition) is 4. The number of nitrogens with one attached hydrogen (secondary N) is 1. The van der Waals surface area contributed by atoms with E-state index in [2.05, 4.69) is 22.1 Å². The number of nitrogens with zero attached hydrogens (tertiary/aromatic N) is 3. The molecule has 0 aliphatic carbocycles. The zero-order valence-electron chi connectivity index (χ0n) is 12.5. The van der Waals surface area contributed by atoms with E-state index in [0.29, 0.717) is 29.0 Å². The summed E-state index contributed by atoms with van der Waals surface area (Å²) < 4.78 is 0. The number of halogens is 1. The first kappa shape index (κ1) is 15.5. The number of thioether (sulfide) groups is 1. The molecule has 3 rings (SSSR count). The first-order valence-corrected chi connectivity index (χ1v) is 8.66. The standard InChI is InChI=1S/C15H19ClN4OS/c1-11-10-17-15(22-11)20-8-6-19(7-9-20)14(21)18-13-5-3-2-4-12(13)16/h2-5,11H,6-10H2,1H3,(H,18,21)/t11-/m1/s1. The smallest absolute Gasteiger partial charge is 0.322 e. The zero-order chi connectivity index (χ0) is 15.5. The van der Waals surface area contributed by atoms with Crippen LogP contribution in [0.3, 0.4) is 0 Å². The molecule has 0 spiro atoms. The predicted octanol–water partition coefficient (Wildman–Crippen LogP) is 2.98. The lowest BCUT2D eigenvalue weighted by molar-refractivity contribution is 0.182. The fraction of sp³-hybridized carbons (Fsp3) is 0.467. The van der Waals surface area contributed by atoms with Crippen molar-refractivity contribution in [1.82, 2.24) is 9.80 Å². The van der Waals surface area contributed by atoms with Crippen molar-refractivity contribution >= 4 is 40.2 Å². The average Bonchev–Trinajstić information content (AvgIpc) is 2.96. The van der Waals surface area contributed by atoms with Gasteiger partial charge in [-0.15, -0.1) is 0 Å². The molecule has 1 N–H and O–H groups in total. The number of hydrogen-bond donors (Lipinski definition) is 1. The zero-order valence-corrected chi connectivity index (χ0v) is 14.0. The van der Waals surface area contributed by atoms with E-state index < -0.39 is 0 Å². The summed E-state index contributed by atoms with van der Waals surface area (Å²) in [7, 11) is 0. The summed E-state index contributed by atoms with van der Waals surface area (Å²) in [5.74, 6) is 0. The van der Waals surface area contributed by atoms with Crippen molar-refractivity contribution in [3.8, 4) is 0 Å². The molecule has 118 valence electrons. The Kier molecular flexibility index (Phi) is 4.78. The highest BCUT2D eigenvalue weighted by atomic mass is 35.5. The molecule has 5 nitrogen and oxygen atoms in total. The Morgan fingerprint density at radius 2 is 2.05 bits per heavy atom. The first-order chi connectivity index (χ1) is 10.6.